The molecule has 21 heavy (non-hydrogen) atoms. The summed E-state index contributed by atoms with van der Waals surface area (Å²) in [5.41, 5.74) is 0. The van der Waals surface area contributed by atoms with Gasteiger partial charge in [0.1, 0.15) is 0 Å². The highest BCUT2D eigenvalue weighted by molar-refractivity contribution is 4.82. The standard InChI is InChI=1S/C18H33FO2/c19-13-3-1-2-4-14-21-18-11-7-16(8-12-18)15-5-9-17(20)10-6-15/h15-18,20H,1-14H2. The molecule has 0 unspecified atom stereocenters. The van der Waals surface area contributed by atoms with Crippen molar-refractivity contribution in [2.45, 2.75) is 89.3 Å². The lowest BCUT2D eigenvalue weighted by molar-refractivity contribution is 0.00175. The van der Waals surface area contributed by atoms with Crippen molar-refractivity contribution in [3.63, 3.8) is 0 Å². The zero-order chi connectivity index (χ0) is 14.9. The smallest absolute Gasteiger partial charge is 0.0894 e. The first kappa shape index (κ1) is 17.2. The fourth-order valence-corrected chi connectivity index (χ4v) is 4.10. The summed E-state index contributed by atoms with van der Waals surface area (Å²) < 4.78 is 17.9. The normalized spacial score (nSPS) is 34.0. The van der Waals surface area contributed by atoms with E-state index in [1.54, 1.807) is 0 Å². The summed E-state index contributed by atoms with van der Waals surface area (Å²) in [5, 5.41) is 9.60. The highest BCUT2D eigenvalue weighted by atomic mass is 19.1. The molecule has 2 rings (SSSR count). The van der Waals surface area contributed by atoms with Gasteiger partial charge in [-0.15, -0.1) is 0 Å². The molecule has 0 amide bonds. The molecule has 0 saturated heterocycles. The predicted molar refractivity (Wildman–Crippen MR) is 84.1 cm³/mol. The fraction of sp³-hybridized carbons (Fsp3) is 1.00. The third-order valence-corrected chi connectivity index (χ3v) is 5.51. The number of hydrogen-bond donors (Lipinski definition) is 1. The lowest BCUT2D eigenvalue weighted by atomic mass is 9.72. The molecule has 2 saturated carbocycles. The van der Waals surface area contributed by atoms with E-state index in [0.717, 1.165) is 50.5 Å². The maximum absolute atomic E-state index is 12.0. The molecule has 2 aliphatic carbocycles. The van der Waals surface area contributed by atoms with Gasteiger partial charge in [0.05, 0.1) is 18.9 Å². The van der Waals surface area contributed by atoms with Crippen molar-refractivity contribution in [1.82, 2.24) is 0 Å². The molecule has 0 aromatic rings. The molecule has 0 aliphatic heterocycles. The molecule has 124 valence electrons. The van der Waals surface area contributed by atoms with Crippen molar-refractivity contribution in [3.8, 4) is 0 Å². The van der Waals surface area contributed by atoms with Crippen molar-refractivity contribution in [2.75, 3.05) is 13.3 Å². The summed E-state index contributed by atoms with van der Waals surface area (Å²) in [6, 6.07) is 0. The van der Waals surface area contributed by atoms with Gasteiger partial charge in [0.15, 0.2) is 0 Å². The van der Waals surface area contributed by atoms with Crippen molar-refractivity contribution >= 4 is 0 Å². The van der Waals surface area contributed by atoms with Crippen LogP contribution in [0.15, 0.2) is 0 Å². The maximum atomic E-state index is 12.0. The molecule has 2 fully saturated rings. The number of alkyl halides is 1. The van der Waals surface area contributed by atoms with Gasteiger partial charge in [0.2, 0.25) is 0 Å². The van der Waals surface area contributed by atoms with Crippen LogP contribution in [-0.4, -0.2) is 30.6 Å². The Hall–Kier alpha value is -0.150. The average molecular weight is 300 g/mol. The molecule has 0 aromatic carbocycles. The van der Waals surface area contributed by atoms with Crippen LogP contribution >= 0.6 is 0 Å². The molecule has 0 radical (unpaired) electrons. The minimum atomic E-state index is -0.178. The summed E-state index contributed by atoms with van der Waals surface area (Å²) in [5.74, 6) is 1.73. The van der Waals surface area contributed by atoms with E-state index < -0.39 is 0 Å². The van der Waals surface area contributed by atoms with Crippen molar-refractivity contribution in [2.24, 2.45) is 11.8 Å². The number of aliphatic hydroxyl groups is 1. The fourth-order valence-electron chi connectivity index (χ4n) is 4.10. The van der Waals surface area contributed by atoms with E-state index in [-0.39, 0.29) is 12.8 Å². The molecule has 0 aromatic heterocycles. The molecule has 1 N–H and O–H groups in total. The topological polar surface area (TPSA) is 29.5 Å². The number of rotatable bonds is 8. The van der Waals surface area contributed by atoms with Crippen LogP contribution in [0, 0.1) is 11.8 Å². The van der Waals surface area contributed by atoms with Gasteiger partial charge in [0, 0.05) is 6.61 Å². The SMILES string of the molecule is OC1CCC(C2CCC(OCCCCCCF)CC2)CC1. The van der Waals surface area contributed by atoms with Crippen LogP contribution in [0.1, 0.15) is 77.0 Å². The maximum Gasteiger partial charge on any atom is 0.0894 e. The van der Waals surface area contributed by atoms with Crippen LogP contribution in [0.25, 0.3) is 0 Å². The monoisotopic (exact) mass is 300 g/mol. The van der Waals surface area contributed by atoms with E-state index in [1.807, 2.05) is 0 Å². The number of aliphatic hydroxyl groups excluding tert-OH is 1. The number of hydrogen-bond acceptors (Lipinski definition) is 2. The molecule has 0 bridgehead atoms. The molecular weight excluding hydrogens is 267 g/mol. The van der Waals surface area contributed by atoms with Crippen LogP contribution in [0.4, 0.5) is 4.39 Å². The minimum Gasteiger partial charge on any atom is -0.393 e. The third-order valence-electron chi connectivity index (χ3n) is 5.51. The van der Waals surface area contributed by atoms with Crippen LogP contribution in [-0.2, 0) is 4.74 Å². The van der Waals surface area contributed by atoms with Gasteiger partial charge in [-0.3, -0.25) is 4.39 Å². The Morgan fingerprint density at radius 3 is 1.95 bits per heavy atom. The van der Waals surface area contributed by atoms with Gasteiger partial charge >= 0.3 is 0 Å². The van der Waals surface area contributed by atoms with Gasteiger partial charge in [-0.1, -0.05) is 12.8 Å². The summed E-state index contributed by atoms with van der Waals surface area (Å²) in [6.07, 6.45) is 13.9. The van der Waals surface area contributed by atoms with E-state index in [0.29, 0.717) is 12.5 Å². The molecule has 0 atom stereocenters. The summed E-state index contributed by atoms with van der Waals surface area (Å²) in [4.78, 5) is 0. The van der Waals surface area contributed by atoms with Crippen molar-refractivity contribution in [1.29, 1.82) is 0 Å². The molecule has 0 heterocycles. The van der Waals surface area contributed by atoms with E-state index in [2.05, 4.69) is 0 Å². The number of ether oxygens (including phenoxy) is 1. The quantitative estimate of drug-likeness (QED) is 0.662. The molecule has 0 spiro atoms. The Bertz CT molecular complexity index is 256. The first-order valence-corrected chi connectivity index (χ1v) is 9.15. The second-order valence-corrected chi connectivity index (χ2v) is 7.08. The Labute approximate surface area is 129 Å². The molecule has 2 aliphatic rings. The molecular formula is C18H33FO2. The Balaban J connectivity index is 1.52. The summed E-state index contributed by atoms with van der Waals surface area (Å²) >= 11 is 0. The highest BCUT2D eigenvalue weighted by Gasteiger charge is 2.30. The third kappa shape index (κ3) is 6.23. The summed E-state index contributed by atoms with van der Waals surface area (Å²) in [7, 11) is 0. The van der Waals surface area contributed by atoms with Crippen LogP contribution in [0.2, 0.25) is 0 Å². The van der Waals surface area contributed by atoms with Crippen LogP contribution < -0.4 is 0 Å². The first-order chi connectivity index (χ1) is 10.3. The Morgan fingerprint density at radius 2 is 1.33 bits per heavy atom. The van der Waals surface area contributed by atoms with E-state index in [4.69, 9.17) is 4.74 Å². The average Bonchev–Trinajstić information content (AvgIpc) is 2.52. The second kappa shape index (κ2) is 9.78. The number of halogens is 1. The van der Waals surface area contributed by atoms with Gasteiger partial charge in [-0.25, -0.2) is 0 Å². The minimum absolute atomic E-state index is 0.0293. The van der Waals surface area contributed by atoms with Crippen LogP contribution in [0.3, 0.4) is 0 Å². The number of unbranched alkanes of at least 4 members (excludes halogenated alkanes) is 3. The molecule has 3 heteroatoms. The predicted octanol–water partition coefficient (Wildman–Crippen LogP) is 4.64. The zero-order valence-corrected chi connectivity index (χ0v) is 13.4. The lowest BCUT2D eigenvalue weighted by Crippen LogP contribution is -2.29. The first-order valence-electron chi connectivity index (χ1n) is 9.15. The summed E-state index contributed by atoms with van der Waals surface area (Å²) in [6.45, 7) is 0.681. The van der Waals surface area contributed by atoms with Crippen molar-refractivity contribution < 1.29 is 14.2 Å². The highest BCUT2D eigenvalue weighted by Crippen LogP contribution is 2.38. The Morgan fingerprint density at radius 1 is 0.762 bits per heavy atom. The lowest BCUT2D eigenvalue weighted by Gasteiger charge is -2.36. The van der Waals surface area contributed by atoms with Gasteiger partial charge in [-0.05, 0) is 76.0 Å². The van der Waals surface area contributed by atoms with Crippen molar-refractivity contribution in [3.05, 3.63) is 0 Å². The molecule has 2 nitrogen and oxygen atoms in total. The zero-order valence-electron chi connectivity index (χ0n) is 13.4. The van der Waals surface area contributed by atoms with Gasteiger partial charge in [0.25, 0.3) is 0 Å². The van der Waals surface area contributed by atoms with E-state index in [1.165, 1.54) is 38.5 Å². The second-order valence-electron chi connectivity index (χ2n) is 7.08. The van der Waals surface area contributed by atoms with E-state index in [9.17, 15) is 9.50 Å². The van der Waals surface area contributed by atoms with Gasteiger partial charge in [-0.2, -0.15) is 0 Å². The Kier molecular flexibility index (Phi) is 8.02. The largest absolute Gasteiger partial charge is 0.393 e. The van der Waals surface area contributed by atoms with E-state index >= 15 is 0 Å². The van der Waals surface area contributed by atoms with Crippen LogP contribution in [0.5, 0.6) is 0 Å². The van der Waals surface area contributed by atoms with Gasteiger partial charge < -0.3 is 9.84 Å².